The Hall–Kier alpha value is -2.07. The summed E-state index contributed by atoms with van der Waals surface area (Å²) in [4.78, 5) is 0. The van der Waals surface area contributed by atoms with Crippen LogP contribution in [0.25, 0.3) is 10.8 Å². The number of fused-ring (bicyclic) bond motifs is 1. The Morgan fingerprint density at radius 2 is 1.88 bits per heavy atom. The summed E-state index contributed by atoms with van der Waals surface area (Å²) in [6.45, 7) is 2.91. The number of allylic oxidation sites excluding steroid dienone is 4. The number of halogens is 3. The van der Waals surface area contributed by atoms with Gasteiger partial charge < -0.3 is 5.32 Å². The molecule has 0 saturated heterocycles. The Balaban J connectivity index is 1.51. The fourth-order valence-electron chi connectivity index (χ4n) is 3.53. The first-order valence-electron chi connectivity index (χ1n) is 9.09. The second kappa shape index (κ2) is 8.09. The van der Waals surface area contributed by atoms with E-state index in [9.17, 15) is 13.2 Å². The van der Waals surface area contributed by atoms with E-state index in [-0.39, 0.29) is 12.5 Å². The molecule has 0 heterocycles. The molecule has 2 aromatic carbocycles. The molecule has 0 amide bonds. The smallest absolute Gasteiger partial charge is 0.310 e. The molecule has 1 aliphatic rings. The fraction of sp³-hybridized carbons (Fsp3) is 0.364. The number of benzene rings is 2. The molecule has 2 aromatic rings. The van der Waals surface area contributed by atoms with Crippen LogP contribution < -0.4 is 5.32 Å². The van der Waals surface area contributed by atoms with Crippen molar-refractivity contribution in [2.24, 2.45) is 5.92 Å². The van der Waals surface area contributed by atoms with Crippen LogP contribution in [-0.4, -0.2) is 12.7 Å². The average Bonchev–Trinajstić information content (AvgIpc) is 2.64. The van der Waals surface area contributed by atoms with Gasteiger partial charge in [0.15, 0.2) is 0 Å². The zero-order chi connectivity index (χ0) is 18.6. The van der Waals surface area contributed by atoms with Crippen molar-refractivity contribution in [1.29, 1.82) is 0 Å². The first-order valence-corrected chi connectivity index (χ1v) is 9.09. The summed E-state index contributed by atoms with van der Waals surface area (Å²) >= 11 is 0. The van der Waals surface area contributed by atoms with Crippen LogP contribution >= 0.6 is 0 Å². The standard InChI is InChI=1S/C22H24F3N/c1-16(20-13-5-10-18-9-2-3-12-21(18)20)26-14-6-8-17-7-4-11-19(15-17)22(23,24)25/h2-5,7,9-13,16,19,26H,6,8,14-15H2,1H3. The van der Waals surface area contributed by atoms with Crippen molar-refractivity contribution < 1.29 is 13.2 Å². The minimum Gasteiger partial charge on any atom is -0.310 e. The van der Waals surface area contributed by atoms with Crippen LogP contribution in [0.5, 0.6) is 0 Å². The van der Waals surface area contributed by atoms with Gasteiger partial charge in [0.1, 0.15) is 0 Å². The number of rotatable bonds is 6. The number of hydrogen-bond acceptors (Lipinski definition) is 1. The summed E-state index contributed by atoms with van der Waals surface area (Å²) in [6.07, 6.45) is 2.12. The molecular weight excluding hydrogens is 335 g/mol. The SMILES string of the molecule is CC(NCCCC1=CC=CC(C(F)(F)F)C1)c1cccc2ccccc12. The molecule has 1 nitrogen and oxygen atoms in total. The maximum atomic E-state index is 12.8. The van der Waals surface area contributed by atoms with Crippen LogP contribution in [0.4, 0.5) is 13.2 Å². The second-order valence-electron chi connectivity index (χ2n) is 6.91. The maximum absolute atomic E-state index is 12.8. The molecule has 2 atom stereocenters. The minimum absolute atomic E-state index is 0.0961. The first-order chi connectivity index (χ1) is 12.4. The van der Waals surface area contributed by atoms with E-state index in [0.717, 1.165) is 18.5 Å². The molecule has 3 rings (SSSR count). The predicted molar refractivity (Wildman–Crippen MR) is 101 cm³/mol. The third kappa shape index (κ3) is 4.55. The Kier molecular flexibility index (Phi) is 5.82. The van der Waals surface area contributed by atoms with Crippen molar-refractivity contribution in [1.82, 2.24) is 5.32 Å². The highest BCUT2D eigenvalue weighted by molar-refractivity contribution is 5.86. The van der Waals surface area contributed by atoms with E-state index in [1.165, 1.54) is 22.4 Å². The summed E-state index contributed by atoms with van der Waals surface area (Å²) in [5.74, 6) is -1.33. The van der Waals surface area contributed by atoms with Crippen LogP contribution in [0.15, 0.2) is 66.3 Å². The zero-order valence-electron chi connectivity index (χ0n) is 14.9. The van der Waals surface area contributed by atoms with Gasteiger partial charge in [-0.2, -0.15) is 13.2 Å². The van der Waals surface area contributed by atoms with Gasteiger partial charge in [0.25, 0.3) is 0 Å². The molecule has 0 fully saturated rings. The normalized spacial score (nSPS) is 18.8. The third-order valence-electron chi connectivity index (χ3n) is 4.99. The van der Waals surface area contributed by atoms with Crippen LogP contribution in [0.1, 0.15) is 37.8 Å². The van der Waals surface area contributed by atoms with Gasteiger partial charge in [-0.15, -0.1) is 0 Å². The minimum atomic E-state index is -4.14. The fourth-order valence-corrected chi connectivity index (χ4v) is 3.53. The topological polar surface area (TPSA) is 12.0 Å². The van der Waals surface area contributed by atoms with Gasteiger partial charge in [-0.3, -0.25) is 0 Å². The first kappa shape index (κ1) is 18.7. The molecule has 0 radical (unpaired) electrons. The highest BCUT2D eigenvalue weighted by Gasteiger charge is 2.38. The van der Waals surface area contributed by atoms with Crippen LogP contribution in [-0.2, 0) is 0 Å². The van der Waals surface area contributed by atoms with E-state index in [1.54, 1.807) is 6.08 Å². The summed E-state index contributed by atoms with van der Waals surface area (Å²) < 4.78 is 38.5. The second-order valence-corrected chi connectivity index (χ2v) is 6.91. The van der Waals surface area contributed by atoms with Crippen molar-refractivity contribution in [3.8, 4) is 0 Å². The predicted octanol–water partition coefficient (Wildman–Crippen LogP) is 6.34. The molecule has 0 aliphatic heterocycles. The molecule has 1 aliphatic carbocycles. The quantitative estimate of drug-likeness (QED) is 0.594. The van der Waals surface area contributed by atoms with Crippen LogP contribution in [0.3, 0.4) is 0 Å². The lowest BCUT2D eigenvalue weighted by molar-refractivity contribution is -0.161. The van der Waals surface area contributed by atoms with Crippen molar-refractivity contribution in [2.75, 3.05) is 6.54 Å². The maximum Gasteiger partial charge on any atom is 0.395 e. The van der Waals surface area contributed by atoms with Gasteiger partial charge >= 0.3 is 6.18 Å². The van der Waals surface area contributed by atoms with E-state index >= 15 is 0 Å². The Morgan fingerprint density at radius 3 is 2.69 bits per heavy atom. The van der Waals surface area contributed by atoms with Crippen molar-refractivity contribution in [3.05, 3.63) is 71.8 Å². The van der Waals surface area contributed by atoms with E-state index in [0.29, 0.717) is 6.42 Å². The van der Waals surface area contributed by atoms with Gasteiger partial charge in [-0.25, -0.2) is 0 Å². The number of hydrogen-bond donors (Lipinski definition) is 1. The largest absolute Gasteiger partial charge is 0.395 e. The molecular formula is C22H24F3N. The van der Waals surface area contributed by atoms with Crippen LogP contribution in [0.2, 0.25) is 0 Å². The van der Waals surface area contributed by atoms with Crippen LogP contribution in [0, 0.1) is 5.92 Å². The molecule has 1 N–H and O–H groups in total. The molecule has 4 heteroatoms. The summed E-state index contributed by atoms with van der Waals surface area (Å²) in [6, 6.07) is 14.8. The highest BCUT2D eigenvalue weighted by atomic mass is 19.4. The van der Waals surface area contributed by atoms with E-state index in [4.69, 9.17) is 0 Å². The Labute approximate surface area is 152 Å². The van der Waals surface area contributed by atoms with Gasteiger partial charge in [0.05, 0.1) is 5.92 Å². The third-order valence-corrected chi connectivity index (χ3v) is 4.99. The summed E-state index contributed by atoms with van der Waals surface area (Å²) in [5.41, 5.74) is 2.13. The Bertz CT molecular complexity index is 799. The van der Waals surface area contributed by atoms with Crippen molar-refractivity contribution in [2.45, 2.75) is 38.4 Å². The molecule has 0 saturated carbocycles. The molecule has 138 valence electrons. The summed E-state index contributed by atoms with van der Waals surface area (Å²) in [7, 11) is 0. The summed E-state index contributed by atoms with van der Waals surface area (Å²) in [5, 5.41) is 5.96. The molecule has 26 heavy (non-hydrogen) atoms. The van der Waals surface area contributed by atoms with Gasteiger partial charge in [-0.05, 0) is 49.1 Å². The lowest BCUT2D eigenvalue weighted by atomic mass is 9.91. The van der Waals surface area contributed by atoms with Crippen molar-refractivity contribution in [3.63, 3.8) is 0 Å². The number of nitrogens with one attached hydrogen (secondary N) is 1. The average molecular weight is 359 g/mol. The number of alkyl halides is 3. The van der Waals surface area contributed by atoms with Gasteiger partial charge in [-0.1, -0.05) is 66.3 Å². The zero-order valence-corrected chi connectivity index (χ0v) is 14.9. The molecule has 2 unspecified atom stereocenters. The van der Waals surface area contributed by atoms with Gasteiger partial charge in [0, 0.05) is 6.04 Å². The molecule has 0 spiro atoms. The van der Waals surface area contributed by atoms with E-state index in [2.05, 4.69) is 42.6 Å². The lowest BCUT2D eigenvalue weighted by Gasteiger charge is -2.21. The molecule has 0 bridgehead atoms. The lowest BCUT2D eigenvalue weighted by Crippen LogP contribution is -2.23. The van der Waals surface area contributed by atoms with E-state index in [1.807, 2.05) is 18.2 Å². The highest BCUT2D eigenvalue weighted by Crippen LogP contribution is 2.35. The van der Waals surface area contributed by atoms with Crippen molar-refractivity contribution >= 4 is 10.8 Å². The van der Waals surface area contributed by atoms with E-state index < -0.39 is 12.1 Å². The van der Waals surface area contributed by atoms with Gasteiger partial charge in [0.2, 0.25) is 0 Å². The molecule has 0 aromatic heterocycles. The monoisotopic (exact) mass is 359 g/mol. The Morgan fingerprint density at radius 1 is 1.12 bits per heavy atom.